The molecule has 2 atom stereocenters. The molecule has 0 aromatic heterocycles. The van der Waals surface area contributed by atoms with Gasteiger partial charge in [0.05, 0.1) is 0 Å². The molecule has 2 unspecified atom stereocenters. The molecule has 26 heavy (non-hydrogen) atoms. The van der Waals surface area contributed by atoms with Gasteiger partial charge in [-0.15, -0.1) is 0 Å². The minimum Gasteiger partial charge on any atom is -0.0883 e. The van der Waals surface area contributed by atoms with Crippen molar-refractivity contribution in [2.75, 3.05) is 0 Å². The first-order chi connectivity index (χ1) is 12.8. The van der Waals surface area contributed by atoms with Gasteiger partial charge in [-0.05, 0) is 49.4 Å². The molecule has 2 aliphatic carbocycles. The van der Waals surface area contributed by atoms with Gasteiger partial charge in [-0.2, -0.15) is 0 Å². The van der Waals surface area contributed by atoms with Gasteiger partial charge in [0.2, 0.25) is 0 Å². The average Bonchev–Trinajstić information content (AvgIpc) is 2.68. The highest BCUT2D eigenvalue weighted by Gasteiger charge is 2.23. The highest BCUT2D eigenvalue weighted by atomic mass is 14.3. The van der Waals surface area contributed by atoms with Crippen molar-refractivity contribution >= 4 is 0 Å². The summed E-state index contributed by atoms with van der Waals surface area (Å²) in [5.74, 6) is 4.07. The van der Waals surface area contributed by atoms with Gasteiger partial charge in [-0.3, -0.25) is 0 Å². The summed E-state index contributed by atoms with van der Waals surface area (Å²) in [6.45, 7) is 4.62. The van der Waals surface area contributed by atoms with E-state index >= 15 is 0 Å². The van der Waals surface area contributed by atoms with Crippen LogP contribution in [0.25, 0.3) is 0 Å². The van der Waals surface area contributed by atoms with Crippen LogP contribution >= 0.6 is 0 Å². The number of allylic oxidation sites excluding steroid dienone is 2. The molecule has 0 radical (unpaired) electrons. The van der Waals surface area contributed by atoms with E-state index in [1.54, 1.807) is 25.7 Å². The van der Waals surface area contributed by atoms with E-state index in [1.165, 1.54) is 89.9 Å². The topological polar surface area (TPSA) is 0 Å². The minimum atomic E-state index is 0.911. The molecule has 2 aliphatic rings. The maximum absolute atomic E-state index is 2.59. The second-order valence-corrected chi connectivity index (χ2v) is 9.59. The van der Waals surface area contributed by atoms with Crippen LogP contribution in [0.5, 0.6) is 0 Å². The molecule has 2 saturated carbocycles. The molecule has 0 saturated heterocycles. The van der Waals surface area contributed by atoms with Gasteiger partial charge in [0.15, 0.2) is 0 Å². The molecule has 2 fully saturated rings. The van der Waals surface area contributed by atoms with Crippen LogP contribution < -0.4 is 0 Å². The average molecular weight is 361 g/mol. The zero-order chi connectivity index (χ0) is 18.5. The van der Waals surface area contributed by atoms with Crippen LogP contribution in [0.2, 0.25) is 0 Å². The summed E-state index contributed by atoms with van der Waals surface area (Å²) in [5.41, 5.74) is 0. The van der Waals surface area contributed by atoms with Crippen molar-refractivity contribution in [1.29, 1.82) is 0 Å². The first-order valence-corrected chi connectivity index (χ1v) is 12.5. The van der Waals surface area contributed by atoms with Crippen LogP contribution in [0, 0.1) is 23.7 Å². The van der Waals surface area contributed by atoms with E-state index in [-0.39, 0.29) is 0 Å². The fourth-order valence-corrected chi connectivity index (χ4v) is 5.62. The molecular formula is C26H48. The van der Waals surface area contributed by atoms with Crippen LogP contribution in [0.3, 0.4) is 0 Å². The molecule has 0 heterocycles. The Morgan fingerprint density at radius 1 is 0.654 bits per heavy atom. The van der Waals surface area contributed by atoms with Gasteiger partial charge in [0.1, 0.15) is 0 Å². The second-order valence-electron chi connectivity index (χ2n) is 9.59. The predicted molar refractivity (Wildman–Crippen MR) is 118 cm³/mol. The van der Waals surface area contributed by atoms with E-state index in [0.29, 0.717) is 0 Å². The number of rotatable bonds is 12. The summed E-state index contributed by atoms with van der Waals surface area (Å²) in [5, 5.41) is 0. The van der Waals surface area contributed by atoms with Gasteiger partial charge in [-0.25, -0.2) is 0 Å². The van der Waals surface area contributed by atoms with E-state index in [0.717, 1.165) is 23.7 Å². The molecule has 0 spiro atoms. The highest BCUT2D eigenvalue weighted by molar-refractivity contribution is 4.93. The fourth-order valence-electron chi connectivity index (χ4n) is 5.62. The Morgan fingerprint density at radius 2 is 1.27 bits per heavy atom. The molecular weight excluding hydrogens is 312 g/mol. The minimum absolute atomic E-state index is 0.911. The van der Waals surface area contributed by atoms with E-state index in [1.807, 2.05) is 0 Å². The quantitative estimate of drug-likeness (QED) is 0.240. The summed E-state index contributed by atoms with van der Waals surface area (Å²) < 4.78 is 0. The molecule has 2 rings (SSSR count). The molecule has 0 heteroatoms. The first-order valence-electron chi connectivity index (χ1n) is 12.5. The lowest BCUT2D eigenvalue weighted by atomic mass is 9.75. The summed E-state index contributed by atoms with van der Waals surface area (Å²) in [6, 6.07) is 0. The maximum atomic E-state index is 2.59. The van der Waals surface area contributed by atoms with Crippen molar-refractivity contribution in [1.82, 2.24) is 0 Å². The smallest absolute Gasteiger partial charge is 0.0205 e. The summed E-state index contributed by atoms with van der Waals surface area (Å²) >= 11 is 0. The molecule has 0 aromatic rings. The van der Waals surface area contributed by atoms with Crippen LogP contribution in [0.15, 0.2) is 12.2 Å². The Labute approximate surface area is 165 Å². The zero-order valence-corrected chi connectivity index (χ0v) is 18.2. The third kappa shape index (κ3) is 8.62. The third-order valence-corrected chi connectivity index (χ3v) is 7.43. The standard InChI is InChI=1S/C26H48/c1-3-5-7-13-23-19-21-24(22-20-23)14-9-10-16-26-18-12-11-17-25(26)15-8-6-4-2/h8,15,23-26H,3-7,9-14,16-22H2,1-2H3/b15-8+/t23-,24-,25?,26?. The van der Waals surface area contributed by atoms with Crippen molar-refractivity contribution in [2.45, 2.75) is 129 Å². The van der Waals surface area contributed by atoms with E-state index < -0.39 is 0 Å². The van der Waals surface area contributed by atoms with Gasteiger partial charge < -0.3 is 0 Å². The van der Waals surface area contributed by atoms with Crippen LogP contribution in [0.1, 0.15) is 129 Å². The number of hydrogen-bond acceptors (Lipinski definition) is 0. The molecule has 0 N–H and O–H groups in total. The third-order valence-electron chi connectivity index (χ3n) is 7.43. The van der Waals surface area contributed by atoms with Crippen molar-refractivity contribution in [2.24, 2.45) is 23.7 Å². The van der Waals surface area contributed by atoms with E-state index in [4.69, 9.17) is 0 Å². The second kappa shape index (κ2) is 13.8. The number of hydrogen-bond donors (Lipinski definition) is 0. The molecule has 0 aromatic carbocycles. The Kier molecular flexibility index (Phi) is 11.7. The Hall–Kier alpha value is -0.260. The fraction of sp³-hybridized carbons (Fsp3) is 0.923. The van der Waals surface area contributed by atoms with Gasteiger partial charge in [0, 0.05) is 0 Å². The first kappa shape index (κ1) is 22.0. The van der Waals surface area contributed by atoms with Gasteiger partial charge >= 0.3 is 0 Å². The number of unbranched alkanes of at least 4 members (excludes halogenated alkanes) is 4. The Bertz CT molecular complexity index is 347. The Balaban J connectivity index is 1.55. The van der Waals surface area contributed by atoms with Crippen LogP contribution in [0.4, 0.5) is 0 Å². The normalized spacial score (nSPS) is 30.1. The molecule has 0 bridgehead atoms. The lowest BCUT2D eigenvalue weighted by molar-refractivity contribution is 0.234. The largest absolute Gasteiger partial charge is 0.0883 e. The molecule has 0 nitrogen and oxygen atoms in total. The van der Waals surface area contributed by atoms with Crippen molar-refractivity contribution in [3.8, 4) is 0 Å². The van der Waals surface area contributed by atoms with Crippen LogP contribution in [-0.4, -0.2) is 0 Å². The van der Waals surface area contributed by atoms with E-state index in [2.05, 4.69) is 26.0 Å². The zero-order valence-electron chi connectivity index (χ0n) is 18.2. The van der Waals surface area contributed by atoms with E-state index in [9.17, 15) is 0 Å². The molecule has 0 amide bonds. The predicted octanol–water partition coefficient (Wildman–Crippen LogP) is 9.10. The summed E-state index contributed by atoms with van der Waals surface area (Å²) in [6.07, 6.45) is 31.6. The van der Waals surface area contributed by atoms with Gasteiger partial charge in [-0.1, -0.05) is 116 Å². The SMILES string of the molecule is CCC/C=C/C1CCCCC1CCCC[C@H]1CC[C@H](CCCCC)CC1. The van der Waals surface area contributed by atoms with Crippen LogP contribution in [-0.2, 0) is 0 Å². The summed E-state index contributed by atoms with van der Waals surface area (Å²) in [7, 11) is 0. The monoisotopic (exact) mass is 360 g/mol. The van der Waals surface area contributed by atoms with Gasteiger partial charge in [0.25, 0.3) is 0 Å². The van der Waals surface area contributed by atoms with Crippen molar-refractivity contribution in [3.05, 3.63) is 12.2 Å². The lowest BCUT2D eigenvalue weighted by Gasteiger charge is -2.30. The highest BCUT2D eigenvalue weighted by Crippen LogP contribution is 2.37. The molecule has 0 aliphatic heterocycles. The Morgan fingerprint density at radius 3 is 1.92 bits per heavy atom. The molecule has 152 valence electrons. The maximum Gasteiger partial charge on any atom is -0.0205 e. The lowest BCUT2D eigenvalue weighted by Crippen LogP contribution is -2.18. The van der Waals surface area contributed by atoms with Crippen molar-refractivity contribution < 1.29 is 0 Å². The summed E-state index contributed by atoms with van der Waals surface area (Å²) in [4.78, 5) is 0. The van der Waals surface area contributed by atoms with Crippen molar-refractivity contribution in [3.63, 3.8) is 0 Å².